The molecule has 2 N–H and O–H groups in total. The molecule has 1 aromatic heterocycles. The molecule has 5 nitrogen and oxygen atoms in total. The fourth-order valence-corrected chi connectivity index (χ4v) is 5.02. The number of halogens is 1. The minimum atomic E-state index is -2.96. The van der Waals surface area contributed by atoms with Crippen LogP contribution in [0.15, 0.2) is 28.7 Å². The van der Waals surface area contributed by atoms with E-state index in [0.29, 0.717) is 12.2 Å². The predicted molar refractivity (Wildman–Crippen MR) is 86.8 cm³/mol. The largest absolute Gasteiger partial charge is 0.384 e. The Bertz CT molecular complexity index is 799. The summed E-state index contributed by atoms with van der Waals surface area (Å²) in [7, 11) is -2.96. The summed E-state index contributed by atoms with van der Waals surface area (Å²) >= 11 is 3.53. The molecule has 7 heteroatoms. The molecule has 0 saturated carbocycles. The second-order valence-electron chi connectivity index (χ2n) is 5.44. The molecule has 0 bridgehead atoms. The molecule has 0 aliphatic carbocycles. The highest BCUT2D eigenvalue weighted by atomic mass is 79.9. The monoisotopic (exact) mass is 369 g/mol. The fraction of sp³-hybridized carbons (Fsp3) is 0.357. The van der Waals surface area contributed by atoms with Crippen LogP contribution < -0.4 is 5.73 Å². The van der Waals surface area contributed by atoms with E-state index in [1.165, 1.54) is 0 Å². The van der Waals surface area contributed by atoms with Gasteiger partial charge in [-0.05, 0) is 25.0 Å². The number of hydrogen-bond donors (Lipinski definition) is 1. The summed E-state index contributed by atoms with van der Waals surface area (Å²) in [5.41, 5.74) is 8.87. The van der Waals surface area contributed by atoms with Crippen LogP contribution in [0, 0.1) is 6.92 Å². The number of sulfone groups is 1. The molecule has 1 fully saturated rings. The molecule has 1 aliphatic heterocycles. The predicted octanol–water partition coefficient (Wildman–Crippen LogP) is 2.56. The first-order chi connectivity index (χ1) is 9.85. The molecule has 0 radical (unpaired) electrons. The smallest absolute Gasteiger partial charge is 0.152 e. The quantitative estimate of drug-likeness (QED) is 0.881. The van der Waals surface area contributed by atoms with Crippen molar-refractivity contribution in [2.24, 2.45) is 0 Å². The van der Waals surface area contributed by atoms with E-state index in [1.54, 1.807) is 10.7 Å². The van der Waals surface area contributed by atoms with Gasteiger partial charge in [-0.25, -0.2) is 13.1 Å². The zero-order valence-electron chi connectivity index (χ0n) is 11.6. The van der Waals surface area contributed by atoms with Crippen LogP contribution in [0.25, 0.3) is 11.3 Å². The highest BCUT2D eigenvalue weighted by Crippen LogP contribution is 2.32. The summed E-state index contributed by atoms with van der Waals surface area (Å²) in [6.07, 6.45) is 0.572. The Hall–Kier alpha value is -1.34. The number of hydrogen-bond acceptors (Lipinski definition) is 4. The third-order valence-corrected chi connectivity index (χ3v) is 6.13. The maximum atomic E-state index is 11.6. The highest BCUT2D eigenvalue weighted by Gasteiger charge is 2.31. The van der Waals surface area contributed by atoms with Crippen LogP contribution in [0.4, 0.5) is 5.82 Å². The van der Waals surface area contributed by atoms with Crippen LogP contribution in [0.5, 0.6) is 0 Å². The average molecular weight is 370 g/mol. The zero-order chi connectivity index (χ0) is 15.2. The summed E-state index contributed by atoms with van der Waals surface area (Å²) < 4.78 is 25.8. The minimum Gasteiger partial charge on any atom is -0.384 e. The second-order valence-corrected chi connectivity index (χ2v) is 8.52. The molecular formula is C14H16BrN3O2S. The molecule has 2 aromatic rings. The Balaban J connectivity index is 1.98. The summed E-state index contributed by atoms with van der Waals surface area (Å²) in [5, 5.41) is 4.52. The van der Waals surface area contributed by atoms with Crippen molar-refractivity contribution in [3.63, 3.8) is 0 Å². The molecule has 0 spiro atoms. The van der Waals surface area contributed by atoms with Crippen molar-refractivity contribution in [3.8, 4) is 11.3 Å². The number of rotatable bonds is 2. The van der Waals surface area contributed by atoms with Crippen LogP contribution >= 0.6 is 15.9 Å². The Morgan fingerprint density at radius 3 is 2.76 bits per heavy atom. The Labute approximate surface area is 132 Å². The lowest BCUT2D eigenvalue weighted by molar-refractivity contribution is 0.508. The van der Waals surface area contributed by atoms with Crippen LogP contribution in [0.2, 0.25) is 0 Å². The van der Waals surface area contributed by atoms with E-state index in [-0.39, 0.29) is 17.5 Å². The van der Waals surface area contributed by atoms with Crippen LogP contribution in [0.1, 0.15) is 18.0 Å². The molecule has 2 heterocycles. The third-order valence-electron chi connectivity index (χ3n) is 3.72. The number of nitrogen functional groups attached to an aromatic ring is 1. The van der Waals surface area contributed by atoms with Gasteiger partial charge in [0.1, 0.15) is 5.82 Å². The molecule has 3 rings (SSSR count). The van der Waals surface area contributed by atoms with Crippen molar-refractivity contribution in [2.75, 3.05) is 17.2 Å². The lowest BCUT2D eigenvalue weighted by atomic mass is 10.1. The third kappa shape index (κ3) is 2.85. The number of benzene rings is 1. The maximum absolute atomic E-state index is 11.6. The topological polar surface area (TPSA) is 78.0 Å². The van der Waals surface area contributed by atoms with Gasteiger partial charge in [0.25, 0.3) is 0 Å². The van der Waals surface area contributed by atoms with Gasteiger partial charge in [-0.2, -0.15) is 5.10 Å². The lowest BCUT2D eigenvalue weighted by Gasteiger charge is -2.10. The Morgan fingerprint density at radius 2 is 2.14 bits per heavy atom. The number of nitrogens with zero attached hydrogens (tertiary/aromatic N) is 2. The van der Waals surface area contributed by atoms with Crippen LogP contribution in [0.3, 0.4) is 0 Å². The standard InChI is InChI=1S/C14H16BrN3O2S/c1-9-2-3-11(12(15)6-9)13-7-14(16)18(17-13)10-4-5-21(19,20)8-10/h2-3,6-7,10H,4-5,8,16H2,1H3. The Morgan fingerprint density at radius 1 is 1.38 bits per heavy atom. The van der Waals surface area contributed by atoms with Crippen molar-refractivity contribution in [2.45, 2.75) is 19.4 Å². The van der Waals surface area contributed by atoms with E-state index in [2.05, 4.69) is 21.0 Å². The molecular weight excluding hydrogens is 354 g/mol. The second kappa shape index (κ2) is 5.14. The number of aryl methyl sites for hydroxylation is 1. The summed E-state index contributed by atoms with van der Waals surface area (Å²) in [6, 6.07) is 7.64. The SMILES string of the molecule is Cc1ccc(-c2cc(N)n(C3CCS(=O)(=O)C3)n2)c(Br)c1. The van der Waals surface area contributed by atoms with Crippen molar-refractivity contribution in [3.05, 3.63) is 34.3 Å². The molecule has 1 unspecified atom stereocenters. The normalized spacial score (nSPS) is 20.8. The van der Waals surface area contributed by atoms with Crippen molar-refractivity contribution in [1.29, 1.82) is 0 Å². The molecule has 1 aliphatic rings. The average Bonchev–Trinajstić information content (AvgIpc) is 2.92. The summed E-state index contributed by atoms with van der Waals surface area (Å²) in [4.78, 5) is 0. The van der Waals surface area contributed by atoms with E-state index >= 15 is 0 Å². The van der Waals surface area contributed by atoms with Crippen LogP contribution in [-0.2, 0) is 9.84 Å². The van der Waals surface area contributed by atoms with Crippen molar-refractivity contribution in [1.82, 2.24) is 9.78 Å². The first-order valence-electron chi connectivity index (χ1n) is 6.68. The van der Waals surface area contributed by atoms with E-state index in [1.807, 2.05) is 25.1 Å². The molecule has 0 amide bonds. The van der Waals surface area contributed by atoms with Crippen LogP contribution in [-0.4, -0.2) is 29.7 Å². The molecule has 1 atom stereocenters. The molecule has 21 heavy (non-hydrogen) atoms. The van der Waals surface area contributed by atoms with Gasteiger partial charge in [0.2, 0.25) is 0 Å². The van der Waals surface area contributed by atoms with E-state index < -0.39 is 9.84 Å². The zero-order valence-corrected chi connectivity index (χ0v) is 14.0. The maximum Gasteiger partial charge on any atom is 0.152 e. The number of aromatic nitrogens is 2. The molecule has 1 aromatic carbocycles. The first-order valence-corrected chi connectivity index (χ1v) is 9.29. The van der Waals surface area contributed by atoms with Gasteiger partial charge in [0, 0.05) is 16.1 Å². The van der Waals surface area contributed by atoms with Gasteiger partial charge in [-0.1, -0.05) is 28.1 Å². The number of nitrogens with two attached hydrogens (primary N) is 1. The first kappa shape index (κ1) is 14.6. The number of anilines is 1. The fourth-order valence-electron chi connectivity index (χ4n) is 2.63. The van der Waals surface area contributed by atoms with Gasteiger partial charge >= 0.3 is 0 Å². The van der Waals surface area contributed by atoms with Gasteiger partial charge < -0.3 is 5.73 Å². The summed E-state index contributed by atoms with van der Waals surface area (Å²) in [5.74, 6) is 0.827. The molecule has 112 valence electrons. The van der Waals surface area contributed by atoms with Gasteiger partial charge in [-0.3, -0.25) is 0 Å². The van der Waals surface area contributed by atoms with E-state index in [9.17, 15) is 8.42 Å². The molecule has 1 saturated heterocycles. The minimum absolute atomic E-state index is 0.118. The highest BCUT2D eigenvalue weighted by molar-refractivity contribution is 9.10. The van der Waals surface area contributed by atoms with Gasteiger partial charge in [0.05, 0.1) is 23.2 Å². The van der Waals surface area contributed by atoms with E-state index in [4.69, 9.17) is 5.73 Å². The Kier molecular flexibility index (Phi) is 3.57. The summed E-state index contributed by atoms with van der Waals surface area (Å²) in [6.45, 7) is 2.02. The van der Waals surface area contributed by atoms with Crippen molar-refractivity contribution >= 4 is 31.6 Å². The lowest BCUT2D eigenvalue weighted by Crippen LogP contribution is -2.14. The van der Waals surface area contributed by atoms with E-state index in [0.717, 1.165) is 21.3 Å². The van der Waals surface area contributed by atoms with Crippen molar-refractivity contribution < 1.29 is 8.42 Å². The van der Waals surface area contributed by atoms with Gasteiger partial charge in [-0.15, -0.1) is 0 Å². The van der Waals surface area contributed by atoms with Gasteiger partial charge in [0.15, 0.2) is 9.84 Å².